The molecule has 0 fully saturated rings. The molecule has 0 radical (unpaired) electrons. The van der Waals surface area contributed by atoms with Gasteiger partial charge in [-0.05, 0) is 36.5 Å². The van der Waals surface area contributed by atoms with Gasteiger partial charge in [-0.1, -0.05) is 6.92 Å². The summed E-state index contributed by atoms with van der Waals surface area (Å²) in [5.41, 5.74) is 1.03. The first-order valence-electron chi connectivity index (χ1n) is 7.85. The Morgan fingerprint density at radius 1 is 1.42 bits per heavy atom. The maximum atomic E-state index is 11.6. The number of hydrogen-bond donors (Lipinski definition) is 2. The van der Waals surface area contributed by atoms with Gasteiger partial charge in [0.1, 0.15) is 4.21 Å². The normalized spacial score (nSPS) is 18.7. The van der Waals surface area contributed by atoms with Crippen molar-refractivity contribution in [3.8, 4) is 0 Å². The predicted octanol–water partition coefficient (Wildman–Crippen LogP) is 1.42. The zero-order valence-electron chi connectivity index (χ0n) is 14.0. The van der Waals surface area contributed by atoms with Crippen LogP contribution in [0.5, 0.6) is 0 Å². The smallest absolute Gasteiger partial charge is 0.247 e. The molecule has 24 heavy (non-hydrogen) atoms. The molecule has 0 bridgehead atoms. The standard InChI is InChI=1S/C14H25N3O4S3/c1-3-16-12-10-17(5-4-6-21-8-7-20-2)23-14-11(12)9-13(22-14)24(15,18)19/h9,12,16H,3-8,10H2,1-2H3,(H2,15,18,19)/t12-/m0/s1. The molecule has 2 rings (SSSR count). The van der Waals surface area contributed by atoms with Crippen molar-refractivity contribution >= 4 is 33.3 Å². The van der Waals surface area contributed by atoms with Crippen molar-refractivity contribution in [3.05, 3.63) is 11.6 Å². The number of fused-ring (bicyclic) bond motifs is 1. The highest BCUT2D eigenvalue weighted by molar-refractivity contribution is 7.99. The molecule has 0 saturated heterocycles. The topological polar surface area (TPSA) is 93.9 Å². The lowest BCUT2D eigenvalue weighted by molar-refractivity contribution is 0.0678. The van der Waals surface area contributed by atoms with E-state index in [9.17, 15) is 8.42 Å². The number of rotatable bonds is 10. The summed E-state index contributed by atoms with van der Waals surface area (Å²) < 4.78 is 37.1. The molecule has 0 spiro atoms. The Bertz CT molecular complexity index is 621. The van der Waals surface area contributed by atoms with Crippen LogP contribution in [0.15, 0.2) is 14.5 Å². The molecule has 138 valence electrons. The Labute approximate surface area is 152 Å². The van der Waals surface area contributed by atoms with Gasteiger partial charge in [0, 0.05) is 32.8 Å². The fraction of sp³-hybridized carbons (Fsp3) is 0.714. The minimum absolute atomic E-state index is 0.118. The number of sulfonamides is 1. The molecule has 1 atom stereocenters. The first kappa shape index (κ1) is 20.1. The first-order chi connectivity index (χ1) is 11.5. The molecule has 1 aliphatic rings. The highest BCUT2D eigenvalue weighted by atomic mass is 32.3. The molecule has 1 aromatic rings. The Morgan fingerprint density at radius 3 is 2.88 bits per heavy atom. The summed E-state index contributed by atoms with van der Waals surface area (Å²) in [4.78, 5) is 0. The van der Waals surface area contributed by atoms with Crippen molar-refractivity contribution in [2.24, 2.45) is 5.14 Å². The van der Waals surface area contributed by atoms with Gasteiger partial charge in [0.15, 0.2) is 0 Å². The van der Waals surface area contributed by atoms with Crippen molar-refractivity contribution in [1.82, 2.24) is 9.62 Å². The second kappa shape index (κ2) is 9.48. The van der Waals surface area contributed by atoms with E-state index in [1.807, 2.05) is 6.92 Å². The molecule has 0 unspecified atom stereocenters. The number of nitrogens with two attached hydrogens (primary N) is 1. The molecule has 0 aliphatic carbocycles. The van der Waals surface area contributed by atoms with Crippen LogP contribution in [0.2, 0.25) is 0 Å². The SMILES string of the molecule is CCN[C@H]1CN(CCCOCCOC)Sc2sc(S(N)(=O)=O)cc21. The van der Waals surface area contributed by atoms with Crippen molar-refractivity contribution in [2.75, 3.05) is 46.6 Å². The minimum Gasteiger partial charge on any atom is -0.382 e. The van der Waals surface area contributed by atoms with E-state index in [1.165, 1.54) is 11.3 Å². The fourth-order valence-electron chi connectivity index (χ4n) is 2.42. The van der Waals surface area contributed by atoms with Gasteiger partial charge < -0.3 is 14.8 Å². The fourth-order valence-corrected chi connectivity index (χ4v) is 5.99. The summed E-state index contributed by atoms with van der Waals surface area (Å²) in [7, 11) is -2.00. The molecule has 0 amide bonds. The number of hydrogen-bond acceptors (Lipinski definition) is 8. The summed E-state index contributed by atoms with van der Waals surface area (Å²) in [6, 6.07) is 1.83. The van der Waals surface area contributed by atoms with Gasteiger partial charge in [0.05, 0.1) is 17.4 Å². The highest BCUT2D eigenvalue weighted by Crippen LogP contribution is 2.43. The number of nitrogens with zero attached hydrogens (tertiary/aromatic N) is 1. The molecule has 3 N–H and O–H groups in total. The van der Waals surface area contributed by atoms with Gasteiger partial charge >= 0.3 is 0 Å². The molecule has 10 heteroatoms. The molecule has 1 aliphatic heterocycles. The molecule has 0 aromatic carbocycles. The zero-order valence-corrected chi connectivity index (χ0v) is 16.4. The van der Waals surface area contributed by atoms with Crippen LogP contribution in [-0.2, 0) is 19.5 Å². The van der Waals surface area contributed by atoms with Crippen LogP contribution in [0.3, 0.4) is 0 Å². The number of methoxy groups -OCH3 is 1. The Hall–Kier alpha value is -0.200. The number of thiophene rings is 1. The lowest BCUT2D eigenvalue weighted by Gasteiger charge is -2.31. The van der Waals surface area contributed by atoms with Gasteiger partial charge in [-0.3, -0.25) is 0 Å². The van der Waals surface area contributed by atoms with Crippen LogP contribution >= 0.6 is 23.3 Å². The van der Waals surface area contributed by atoms with E-state index in [0.29, 0.717) is 19.8 Å². The van der Waals surface area contributed by atoms with Crippen molar-refractivity contribution < 1.29 is 17.9 Å². The minimum atomic E-state index is -3.66. The molecule has 2 heterocycles. The highest BCUT2D eigenvalue weighted by Gasteiger charge is 2.29. The van der Waals surface area contributed by atoms with Crippen LogP contribution in [-0.4, -0.2) is 59.3 Å². The summed E-state index contributed by atoms with van der Waals surface area (Å²) in [5.74, 6) is 0. The summed E-state index contributed by atoms with van der Waals surface area (Å²) >= 11 is 2.85. The first-order valence-corrected chi connectivity index (χ1v) is 11.0. The maximum absolute atomic E-state index is 11.6. The third-order valence-electron chi connectivity index (χ3n) is 3.53. The largest absolute Gasteiger partial charge is 0.382 e. The Morgan fingerprint density at radius 2 is 2.21 bits per heavy atom. The van der Waals surface area contributed by atoms with E-state index in [-0.39, 0.29) is 10.3 Å². The summed E-state index contributed by atoms with van der Waals surface area (Å²) in [5, 5.41) is 8.70. The quantitative estimate of drug-likeness (QED) is 0.457. The maximum Gasteiger partial charge on any atom is 0.247 e. The van der Waals surface area contributed by atoms with E-state index in [0.717, 1.165) is 35.8 Å². The molecule has 7 nitrogen and oxygen atoms in total. The number of nitrogens with one attached hydrogen (secondary N) is 1. The Balaban J connectivity index is 1.96. The average molecular weight is 396 g/mol. The van der Waals surface area contributed by atoms with Crippen LogP contribution in [0.25, 0.3) is 0 Å². The predicted molar refractivity (Wildman–Crippen MR) is 96.9 cm³/mol. The van der Waals surface area contributed by atoms with Crippen LogP contribution in [0.4, 0.5) is 0 Å². The van der Waals surface area contributed by atoms with Crippen molar-refractivity contribution in [2.45, 2.75) is 27.8 Å². The third-order valence-corrected chi connectivity index (χ3v) is 7.37. The van der Waals surface area contributed by atoms with E-state index in [1.54, 1.807) is 25.1 Å². The number of likely N-dealkylation sites (N-methyl/N-ethyl adjacent to an activating group) is 1. The molecule has 0 saturated carbocycles. The van der Waals surface area contributed by atoms with E-state index in [4.69, 9.17) is 14.6 Å². The van der Waals surface area contributed by atoms with E-state index < -0.39 is 10.0 Å². The molecule has 1 aromatic heterocycles. The van der Waals surface area contributed by atoms with Gasteiger partial charge in [-0.2, -0.15) is 0 Å². The second-order valence-corrected chi connectivity index (χ2v) is 9.61. The zero-order chi connectivity index (χ0) is 17.6. The lowest BCUT2D eigenvalue weighted by atomic mass is 10.1. The Kier molecular flexibility index (Phi) is 7.95. The average Bonchev–Trinajstić information content (AvgIpc) is 2.95. The van der Waals surface area contributed by atoms with Crippen LogP contribution in [0.1, 0.15) is 24.9 Å². The van der Waals surface area contributed by atoms with Crippen LogP contribution in [0, 0.1) is 0 Å². The summed E-state index contributed by atoms with van der Waals surface area (Å²) in [6.07, 6.45) is 0.915. The monoisotopic (exact) mass is 395 g/mol. The molecular formula is C14H25N3O4S3. The van der Waals surface area contributed by atoms with Crippen molar-refractivity contribution in [3.63, 3.8) is 0 Å². The second-order valence-electron chi connectivity index (χ2n) is 5.40. The van der Waals surface area contributed by atoms with Gasteiger partial charge in [-0.25, -0.2) is 17.9 Å². The van der Waals surface area contributed by atoms with Crippen molar-refractivity contribution in [1.29, 1.82) is 0 Å². The lowest BCUT2D eigenvalue weighted by Crippen LogP contribution is -2.35. The van der Waals surface area contributed by atoms with Crippen LogP contribution < -0.4 is 10.5 Å². The van der Waals surface area contributed by atoms with Gasteiger partial charge in [0.2, 0.25) is 10.0 Å². The summed E-state index contributed by atoms with van der Waals surface area (Å²) in [6.45, 7) is 6.47. The molecular weight excluding hydrogens is 370 g/mol. The third kappa shape index (κ3) is 5.67. The van der Waals surface area contributed by atoms with E-state index in [2.05, 4.69) is 9.62 Å². The number of primary sulfonamides is 1. The van der Waals surface area contributed by atoms with Gasteiger partial charge in [-0.15, -0.1) is 11.3 Å². The van der Waals surface area contributed by atoms with Gasteiger partial charge in [0.25, 0.3) is 0 Å². The number of ether oxygens (including phenoxy) is 2. The van der Waals surface area contributed by atoms with E-state index >= 15 is 0 Å².